The summed E-state index contributed by atoms with van der Waals surface area (Å²) in [6, 6.07) is 0. The first-order valence-electron chi connectivity index (χ1n) is 26.4. The highest BCUT2D eigenvalue weighted by Crippen LogP contribution is 2.72. The van der Waals surface area contributed by atoms with Crippen LogP contribution in [0.4, 0.5) is 0 Å². The van der Waals surface area contributed by atoms with Gasteiger partial charge in [-0.05, 0) is 73.5 Å². The van der Waals surface area contributed by atoms with Gasteiger partial charge in [0.15, 0.2) is 30.9 Å². The van der Waals surface area contributed by atoms with Crippen molar-refractivity contribution in [3.05, 3.63) is 0 Å². The molecule has 73 heavy (non-hydrogen) atoms. The van der Waals surface area contributed by atoms with Crippen LogP contribution in [0.15, 0.2) is 0 Å². The van der Waals surface area contributed by atoms with Crippen LogP contribution in [0.2, 0.25) is 0 Å². The fourth-order valence-electron chi connectivity index (χ4n) is 15.7. The van der Waals surface area contributed by atoms with Gasteiger partial charge in [0.05, 0.1) is 63.1 Å². The lowest BCUT2D eigenvalue weighted by Crippen LogP contribution is -2.71. The van der Waals surface area contributed by atoms with E-state index >= 15 is 0 Å². The Labute approximate surface area is 422 Å². The van der Waals surface area contributed by atoms with E-state index in [-0.39, 0.29) is 54.0 Å². The zero-order valence-corrected chi connectivity index (χ0v) is 41.7. The lowest BCUT2D eigenvalue weighted by molar-refractivity contribution is -0.395. The quantitative estimate of drug-likeness (QED) is 0.0916. The molecule has 6 heterocycles. The summed E-state index contributed by atoms with van der Waals surface area (Å²) in [5.41, 5.74) is -2.77. The summed E-state index contributed by atoms with van der Waals surface area (Å²) < 4.78 is 60.4. The van der Waals surface area contributed by atoms with Gasteiger partial charge in [-0.2, -0.15) is 0 Å². The van der Waals surface area contributed by atoms with Crippen LogP contribution < -0.4 is 0 Å². The van der Waals surface area contributed by atoms with E-state index in [1.165, 1.54) is 0 Å². The van der Waals surface area contributed by atoms with Crippen LogP contribution in [0.1, 0.15) is 79.1 Å². The van der Waals surface area contributed by atoms with Crippen LogP contribution in [0.3, 0.4) is 0 Å². The lowest BCUT2D eigenvalue weighted by atomic mass is 9.42. The molecule has 24 heteroatoms. The highest BCUT2D eigenvalue weighted by Gasteiger charge is 2.73. The molecule has 14 N–H and O–H groups in total. The Balaban J connectivity index is 0.830. The van der Waals surface area contributed by atoms with Crippen LogP contribution in [-0.2, 0) is 47.4 Å². The van der Waals surface area contributed by atoms with Gasteiger partial charge >= 0.3 is 0 Å². The molecule has 6 saturated heterocycles. The third kappa shape index (κ3) is 9.09. The average molecular weight is 1050 g/mol. The third-order valence-electron chi connectivity index (χ3n) is 19.8. The minimum Gasteiger partial charge on any atom is -0.394 e. The molecular formula is C49H80O24. The summed E-state index contributed by atoms with van der Waals surface area (Å²) in [5, 5.41) is 155. The highest BCUT2D eigenvalue weighted by molar-refractivity contribution is 5.21. The molecule has 6 aliphatic heterocycles. The predicted molar refractivity (Wildman–Crippen MR) is 240 cm³/mol. The molecule has 32 unspecified atom stereocenters. The summed E-state index contributed by atoms with van der Waals surface area (Å²) in [7, 11) is 0. The van der Waals surface area contributed by atoms with Crippen molar-refractivity contribution in [1.82, 2.24) is 0 Å². The summed E-state index contributed by atoms with van der Waals surface area (Å²) in [5.74, 6) is 0.581. The number of fused-ring (bicyclic) bond motifs is 7. The fraction of sp³-hybridized carbons (Fsp3) is 1.00. The van der Waals surface area contributed by atoms with Crippen molar-refractivity contribution in [2.24, 2.45) is 46.3 Å². The fourth-order valence-corrected chi connectivity index (χ4v) is 15.7. The maximum atomic E-state index is 12.8. The SMILES string of the molecule is CC1CCC2(OC1)OC1CC3C4CC(O)C5(O)CC(OC6OC(CO)C(OC7OCC(O)C(OC8OCC(O)C(O)C8O)C7OC7OC(CO)C(O)C(O)C7O)C(O)C6O)C(O)CC5(C)C4CCC3(C)C1C2C. The van der Waals surface area contributed by atoms with Crippen molar-refractivity contribution in [2.75, 3.05) is 33.0 Å². The molecule has 10 aliphatic rings. The first-order chi connectivity index (χ1) is 34.5. The molecule has 0 bridgehead atoms. The molecule has 420 valence electrons. The van der Waals surface area contributed by atoms with Crippen molar-refractivity contribution in [1.29, 1.82) is 0 Å². The van der Waals surface area contributed by atoms with E-state index < -0.39 is 172 Å². The second kappa shape index (κ2) is 20.6. The monoisotopic (exact) mass is 1050 g/mol. The molecule has 4 aliphatic carbocycles. The Morgan fingerprint density at radius 1 is 0.562 bits per heavy atom. The van der Waals surface area contributed by atoms with E-state index in [1.807, 2.05) is 6.92 Å². The zero-order chi connectivity index (χ0) is 52.4. The average Bonchev–Trinajstić information content (AvgIpc) is 3.81. The van der Waals surface area contributed by atoms with Gasteiger partial charge in [-0.25, -0.2) is 0 Å². The maximum absolute atomic E-state index is 12.8. The number of ether oxygens (including phenoxy) is 10. The van der Waals surface area contributed by atoms with E-state index in [1.54, 1.807) is 0 Å². The van der Waals surface area contributed by atoms with Crippen LogP contribution in [-0.4, -0.2) is 251 Å². The normalized spacial score (nSPS) is 59.3. The number of aliphatic hydroxyl groups excluding tert-OH is 13. The Hall–Kier alpha value is -0.960. The first kappa shape index (κ1) is 55.4. The smallest absolute Gasteiger partial charge is 0.187 e. The number of hydrogen-bond donors (Lipinski definition) is 14. The topological polar surface area (TPSA) is 376 Å². The second-order valence-electron chi connectivity index (χ2n) is 23.9. The minimum atomic E-state index is -2.00. The van der Waals surface area contributed by atoms with Gasteiger partial charge in [0.1, 0.15) is 85.5 Å². The number of rotatable bonds is 10. The molecule has 0 aromatic heterocycles. The van der Waals surface area contributed by atoms with Crippen LogP contribution in [0, 0.1) is 46.3 Å². The summed E-state index contributed by atoms with van der Waals surface area (Å²) in [4.78, 5) is 0. The van der Waals surface area contributed by atoms with Gasteiger partial charge in [0.2, 0.25) is 0 Å². The molecule has 24 nitrogen and oxygen atoms in total. The first-order valence-corrected chi connectivity index (χ1v) is 26.4. The van der Waals surface area contributed by atoms with Crippen molar-refractivity contribution in [3.63, 3.8) is 0 Å². The van der Waals surface area contributed by atoms with Gasteiger partial charge in [-0.3, -0.25) is 0 Å². The van der Waals surface area contributed by atoms with Gasteiger partial charge in [0.25, 0.3) is 0 Å². The number of aliphatic hydroxyl groups is 14. The third-order valence-corrected chi connectivity index (χ3v) is 19.8. The largest absolute Gasteiger partial charge is 0.394 e. The van der Waals surface area contributed by atoms with Gasteiger partial charge in [0, 0.05) is 24.2 Å². The van der Waals surface area contributed by atoms with Crippen molar-refractivity contribution < 1.29 is 119 Å². The lowest BCUT2D eigenvalue weighted by Gasteiger charge is -2.66. The van der Waals surface area contributed by atoms with E-state index in [0.29, 0.717) is 18.9 Å². The van der Waals surface area contributed by atoms with Crippen molar-refractivity contribution in [2.45, 2.75) is 225 Å². The predicted octanol–water partition coefficient (Wildman–Crippen LogP) is -4.57. The molecule has 4 saturated carbocycles. The van der Waals surface area contributed by atoms with E-state index in [0.717, 1.165) is 32.1 Å². The van der Waals surface area contributed by atoms with E-state index in [2.05, 4.69) is 20.8 Å². The van der Waals surface area contributed by atoms with Crippen LogP contribution in [0.25, 0.3) is 0 Å². The Bertz CT molecular complexity index is 1900. The summed E-state index contributed by atoms with van der Waals surface area (Å²) >= 11 is 0. The summed E-state index contributed by atoms with van der Waals surface area (Å²) in [6.45, 7) is 6.62. The Morgan fingerprint density at radius 2 is 1.19 bits per heavy atom. The van der Waals surface area contributed by atoms with Crippen molar-refractivity contribution in [3.8, 4) is 0 Å². The molecule has 10 fully saturated rings. The molecule has 0 amide bonds. The van der Waals surface area contributed by atoms with E-state index in [4.69, 9.17) is 47.4 Å². The minimum absolute atomic E-state index is 0.0201. The van der Waals surface area contributed by atoms with E-state index in [9.17, 15) is 71.5 Å². The zero-order valence-electron chi connectivity index (χ0n) is 41.7. The molecule has 10 rings (SSSR count). The number of hydrogen-bond acceptors (Lipinski definition) is 24. The van der Waals surface area contributed by atoms with Crippen LogP contribution in [0.5, 0.6) is 0 Å². The van der Waals surface area contributed by atoms with Gasteiger partial charge in [-0.1, -0.05) is 27.7 Å². The van der Waals surface area contributed by atoms with Gasteiger partial charge < -0.3 is 119 Å². The molecule has 0 radical (unpaired) electrons. The van der Waals surface area contributed by atoms with Crippen molar-refractivity contribution >= 4 is 0 Å². The maximum Gasteiger partial charge on any atom is 0.187 e. The molecule has 0 aromatic carbocycles. The molecule has 1 spiro atoms. The standard InChI is InChI=1S/C49H80O24/c1-18-5-8-49(66-15-18)19(2)31-26(73-49)10-22-20-9-30(55)48(63)12-27(23(52)11-47(48,4)21(20)6-7-46(22,31)3)67-43-38(62)35(59)40(29(14-51)69-43)71-45-41(72-44-37(61)34(58)33(57)28(13-50)68-44)39(25(54)17-65-45)70-42-36(60)32(56)24(53)16-64-42/h18-45,50-63H,5-17H2,1-4H3. The Morgan fingerprint density at radius 3 is 1.89 bits per heavy atom. The molecule has 0 aromatic rings. The molecular weight excluding hydrogens is 973 g/mol. The van der Waals surface area contributed by atoms with Gasteiger partial charge in [-0.15, -0.1) is 0 Å². The highest BCUT2D eigenvalue weighted by atomic mass is 16.8. The Kier molecular flexibility index (Phi) is 15.6. The second-order valence-corrected chi connectivity index (χ2v) is 23.9. The molecule has 32 atom stereocenters. The van der Waals surface area contributed by atoms with Crippen LogP contribution >= 0.6 is 0 Å². The summed E-state index contributed by atoms with van der Waals surface area (Å²) in [6.07, 6.45) is -30.9.